The molecule has 2 aromatic rings. The molecule has 2 rings (SSSR count). The van der Waals surface area contributed by atoms with Gasteiger partial charge in [0, 0.05) is 13.5 Å². The smallest absolute Gasteiger partial charge is 0.306 e. The first-order chi connectivity index (χ1) is 12.3. The summed E-state index contributed by atoms with van der Waals surface area (Å²) in [6.07, 6.45) is -0.460. The van der Waals surface area contributed by atoms with Gasteiger partial charge in [0.2, 0.25) is 10.0 Å². The highest BCUT2D eigenvalue weighted by molar-refractivity contribution is 7.89. The molecule has 140 valence electrons. The number of ether oxygens (including phenoxy) is 1. The van der Waals surface area contributed by atoms with Gasteiger partial charge in [-0.1, -0.05) is 55.0 Å². The van der Waals surface area contributed by atoms with Crippen LogP contribution in [0.1, 0.15) is 37.5 Å². The number of nitrogens with zero attached hydrogens (tertiary/aromatic N) is 1. The Hall–Kier alpha value is -2.18. The molecular weight excluding hydrogens is 350 g/mol. The highest BCUT2D eigenvalue weighted by Crippen LogP contribution is 2.28. The number of likely N-dealkylation sites (N-methyl/N-ethyl adjacent to an activating group) is 1. The number of rotatable bonds is 7. The number of sulfonamides is 1. The molecule has 0 unspecified atom stereocenters. The van der Waals surface area contributed by atoms with Crippen molar-refractivity contribution < 1.29 is 17.9 Å². The van der Waals surface area contributed by atoms with Gasteiger partial charge < -0.3 is 4.74 Å². The lowest BCUT2D eigenvalue weighted by Gasteiger charge is -2.31. The number of hydrogen-bond acceptors (Lipinski definition) is 4. The molecule has 0 aromatic heterocycles. The summed E-state index contributed by atoms with van der Waals surface area (Å²) >= 11 is 0. The van der Waals surface area contributed by atoms with Crippen LogP contribution >= 0.6 is 0 Å². The zero-order valence-corrected chi connectivity index (χ0v) is 16.4. The van der Waals surface area contributed by atoms with Crippen molar-refractivity contribution >= 4 is 16.0 Å². The maximum Gasteiger partial charge on any atom is 0.306 e. The highest BCUT2D eigenvalue weighted by Gasteiger charge is 2.33. The first kappa shape index (κ1) is 20.1. The van der Waals surface area contributed by atoms with Crippen molar-refractivity contribution in [2.75, 3.05) is 7.05 Å². The molecule has 0 spiro atoms. The van der Waals surface area contributed by atoms with E-state index in [-0.39, 0.29) is 17.3 Å². The standard InChI is InChI=1S/C20H25NO4S/c1-5-19(22)25-20(17-9-7-6-8-10-17)16(3)21(4)26(23,24)18-13-11-15(2)12-14-18/h6-14,16,20H,5H2,1-4H3/t16-,20-/m0/s1. The van der Waals surface area contributed by atoms with Crippen LogP contribution in [0.3, 0.4) is 0 Å². The van der Waals surface area contributed by atoms with Crippen LogP contribution < -0.4 is 0 Å². The average Bonchev–Trinajstić information content (AvgIpc) is 2.65. The number of benzene rings is 2. The largest absolute Gasteiger partial charge is 0.456 e. The third-order valence-corrected chi connectivity index (χ3v) is 6.34. The molecule has 0 fully saturated rings. The highest BCUT2D eigenvalue weighted by atomic mass is 32.2. The zero-order valence-electron chi connectivity index (χ0n) is 15.5. The van der Waals surface area contributed by atoms with E-state index in [0.717, 1.165) is 11.1 Å². The third kappa shape index (κ3) is 4.51. The second kappa shape index (κ2) is 8.47. The van der Waals surface area contributed by atoms with Gasteiger partial charge in [-0.2, -0.15) is 4.31 Å². The van der Waals surface area contributed by atoms with Crippen molar-refractivity contribution in [3.05, 3.63) is 65.7 Å². The van der Waals surface area contributed by atoms with Crippen molar-refractivity contribution in [1.29, 1.82) is 0 Å². The molecule has 0 aliphatic heterocycles. The summed E-state index contributed by atoms with van der Waals surface area (Å²) in [5, 5.41) is 0. The second-order valence-electron chi connectivity index (χ2n) is 6.25. The molecule has 26 heavy (non-hydrogen) atoms. The molecule has 0 N–H and O–H groups in total. The summed E-state index contributed by atoms with van der Waals surface area (Å²) in [5.74, 6) is -0.369. The molecule has 5 nitrogen and oxygen atoms in total. The van der Waals surface area contributed by atoms with Crippen LogP contribution in [0.15, 0.2) is 59.5 Å². The second-order valence-corrected chi connectivity index (χ2v) is 8.25. The molecule has 0 bridgehead atoms. The van der Waals surface area contributed by atoms with Gasteiger partial charge in [0.25, 0.3) is 0 Å². The van der Waals surface area contributed by atoms with Gasteiger partial charge in [0.1, 0.15) is 6.10 Å². The van der Waals surface area contributed by atoms with Gasteiger partial charge in [-0.3, -0.25) is 4.79 Å². The Morgan fingerprint density at radius 1 is 1.08 bits per heavy atom. The molecule has 0 heterocycles. The zero-order chi connectivity index (χ0) is 19.3. The number of carbonyl (C=O) groups excluding carboxylic acids is 1. The van der Waals surface area contributed by atoms with Crippen LogP contribution in [0, 0.1) is 6.92 Å². The van der Waals surface area contributed by atoms with E-state index in [2.05, 4.69) is 0 Å². The van der Waals surface area contributed by atoms with E-state index < -0.39 is 22.2 Å². The Balaban J connectivity index is 2.35. The lowest BCUT2D eigenvalue weighted by Crippen LogP contribution is -2.40. The van der Waals surface area contributed by atoms with Crippen molar-refractivity contribution in [3.63, 3.8) is 0 Å². The fourth-order valence-corrected chi connectivity index (χ4v) is 3.96. The molecule has 6 heteroatoms. The summed E-state index contributed by atoms with van der Waals surface area (Å²) in [4.78, 5) is 12.1. The molecule has 2 aromatic carbocycles. The Labute approximate surface area is 155 Å². The fourth-order valence-electron chi connectivity index (χ4n) is 2.60. The first-order valence-corrected chi connectivity index (χ1v) is 10.0. The minimum absolute atomic E-state index is 0.214. The van der Waals surface area contributed by atoms with Crippen molar-refractivity contribution in [3.8, 4) is 0 Å². The summed E-state index contributed by atoms with van der Waals surface area (Å²) in [6, 6.07) is 15.3. The Bertz CT molecular complexity index is 832. The predicted octanol–water partition coefficient (Wildman–Crippen LogP) is 3.70. The minimum Gasteiger partial charge on any atom is -0.456 e. The van der Waals surface area contributed by atoms with Gasteiger partial charge in [-0.15, -0.1) is 0 Å². The van der Waals surface area contributed by atoms with Crippen LogP contribution in [0.2, 0.25) is 0 Å². The van der Waals surface area contributed by atoms with Gasteiger partial charge in [-0.25, -0.2) is 8.42 Å². The fraction of sp³-hybridized carbons (Fsp3) is 0.350. The number of aryl methyl sites for hydroxylation is 1. The summed E-state index contributed by atoms with van der Waals surface area (Å²) in [5.41, 5.74) is 1.74. The average molecular weight is 375 g/mol. The van der Waals surface area contributed by atoms with Crippen LogP contribution in [-0.2, 0) is 19.6 Å². The quantitative estimate of drug-likeness (QED) is 0.692. The van der Waals surface area contributed by atoms with E-state index in [1.54, 1.807) is 38.1 Å². The van der Waals surface area contributed by atoms with Gasteiger partial charge in [0.15, 0.2) is 0 Å². The Morgan fingerprint density at radius 3 is 2.19 bits per heavy atom. The molecular formula is C20H25NO4S. The third-order valence-electron chi connectivity index (χ3n) is 4.38. The molecule has 0 saturated heterocycles. The maximum atomic E-state index is 13.0. The Morgan fingerprint density at radius 2 is 1.65 bits per heavy atom. The summed E-state index contributed by atoms with van der Waals surface area (Å²) in [6.45, 7) is 5.35. The van der Waals surface area contributed by atoms with Gasteiger partial charge in [0.05, 0.1) is 10.9 Å². The SMILES string of the molecule is CCC(=O)O[C@H](c1ccccc1)[C@H](C)N(C)S(=O)(=O)c1ccc(C)cc1. The van der Waals surface area contributed by atoms with Gasteiger partial charge in [-0.05, 0) is 31.5 Å². The lowest BCUT2D eigenvalue weighted by molar-refractivity contribution is -0.151. The van der Waals surface area contributed by atoms with Crippen molar-refractivity contribution in [2.24, 2.45) is 0 Å². The van der Waals surface area contributed by atoms with E-state index in [1.165, 1.54) is 11.4 Å². The van der Waals surface area contributed by atoms with E-state index in [9.17, 15) is 13.2 Å². The number of esters is 1. The summed E-state index contributed by atoms with van der Waals surface area (Å²) in [7, 11) is -2.20. The molecule has 2 atom stereocenters. The Kier molecular flexibility index (Phi) is 6.56. The van der Waals surface area contributed by atoms with Crippen LogP contribution in [0.5, 0.6) is 0 Å². The van der Waals surface area contributed by atoms with Crippen molar-refractivity contribution in [2.45, 2.75) is 44.2 Å². The van der Waals surface area contributed by atoms with E-state index in [1.807, 2.05) is 37.3 Å². The van der Waals surface area contributed by atoms with E-state index >= 15 is 0 Å². The van der Waals surface area contributed by atoms with E-state index in [0.29, 0.717) is 0 Å². The van der Waals surface area contributed by atoms with E-state index in [4.69, 9.17) is 4.74 Å². The number of carbonyl (C=O) groups is 1. The van der Waals surface area contributed by atoms with Crippen LogP contribution in [-0.4, -0.2) is 31.8 Å². The minimum atomic E-state index is -3.71. The topological polar surface area (TPSA) is 63.7 Å². The monoisotopic (exact) mass is 375 g/mol. The van der Waals surface area contributed by atoms with Crippen molar-refractivity contribution in [1.82, 2.24) is 4.31 Å². The number of hydrogen-bond donors (Lipinski definition) is 0. The lowest BCUT2D eigenvalue weighted by atomic mass is 10.0. The molecule has 0 saturated carbocycles. The maximum absolute atomic E-state index is 13.0. The molecule has 0 amide bonds. The van der Waals surface area contributed by atoms with Gasteiger partial charge >= 0.3 is 5.97 Å². The van der Waals surface area contributed by atoms with Crippen LogP contribution in [0.4, 0.5) is 0 Å². The summed E-state index contributed by atoms with van der Waals surface area (Å²) < 4.78 is 32.8. The molecule has 0 aliphatic carbocycles. The van der Waals surface area contributed by atoms with Crippen LogP contribution in [0.25, 0.3) is 0 Å². The molecule has 0 radical (unpaired) electrons. The first-order valence-electron chi connectivity index (χ1n) is 8.56. The normalized spacial score (nSPS) is 14.0. The molecule has 0 aliphatic rings. The predicted molar refractivity (Wildman–Crippen MR) is 101 cm³/mol.